The number of nitrogens with one attached hydrogen (secondary N) is 1. The van der Waals surface area contributed by atoms with Crippen LogP contribution in [-0.2, 0) is 18.2 Å². The summed E-state index contributed by atoms with van der Waals surface area (Å²) in [6.07, 6.45) is 6.69. The van der Waals surface area contributed by atoms with E-state index in [1.165, 1.54) is 24.1 Å². The minimum absolute atomic E-state index is 0.0341. The zero-order valence-electron chi connectivity index (χ0n) is 13.4. The molecule has 1 aliphatic heterocycles. The molecule has 4 nitrogen and oxygen atoms in total. The van der Waals surface area contributed by atoms with Gasteiger partial charge in [-0.25, -0.2) is 0 Å². The van der Waals surface area contributed by atoms with Crippen LogP contribution in [-0.4, -0.2) is 27.0 Å². The number of hydrogen-bond donors (Lipinski definition) is 1. The summed E-state index contributed by atoms with van der Waals surface area (Å²) in [5.74, 6) is 0. The number of fused-ring (bicyclic) bond motifs is 1. The number of ether oxygens (including phenoxy) is 1. The summed E-state index contributed by atoms with van der Waals surface area (Å²) in [6.45, 7) is 8.78. The molecular formula is C16H27N3O. The summed E-state index contributed by atoms with van der Waals surface area (Å²) in [5, 5.41) is 8.29. The Labute approximate surface area is 121 Å². The van der Waals surface area contributed by atoms with Crippen LogP contribution in [0.25, 0.3) is 0 Å². The molecule has 112 valence electrons. The molecule has 1 aromatic rings. The van der Waals surface area contributed by atoms with Crippen LogP contribution in [0.4, 0.5) is 0 Å². The van der Waals surface area contributed by atoms with E-state index in [4.69, 9.17) is 4.74 Å². The maximum absolute atomic E-state index is 6.20. The Balaban J connectivity index is 1.79. The maximum atomic E-state index is 6.20. The molecule has 0 spiro atoms. The van der Waals surface area contributed by atoms with Crippen LogP contribution < -0.4 is 5.32 Å². The zero-order chi connectivity index (χ0) is 14.5. The SMILES string of the molecule is Cn1ncc2c1CCCC2NC1CC(C)(C)OC1(C)C. The Morgan fingerprint density at radius 2 is 2.10 bits per heavy atom. The molecule has 0 radical (unpaired) electrons. The topological polar surface area (TPSA) is 39.1 Å². The molecule has 1 N–H and O–H groups in total. The first kappa shape index (κ1) is 14.1. The largest absolute Gasteiger partial charge is 0.368 e. The van der Waals surface area contributed by atoms with E-state index in [0.29, 0.717) is 12.1 Å². The molecule has 1 saturated heterocycles. The van der Waals surface area contributed by atoms with Crippen LogP contribution in [0.1, 0.15) is 64.3 Å². The van der Waals surface area contributed by atoms with Gasteiger partial charge < -0.3 is 10.1 Å². The van der Waals surface area contributed by atoms with E-state index in [0.717, 1.165) is 12.8 Å². The molecule has 2 unspecified atom stereocenters. The summed E-state index contributed by atoms with van der Waals surface area (Å²) in [5.41, 5.74) is 2.64. The average molecular weight is 277 g/mol. The third-order valence-electron chi connectivity index (χ3n) is 4.85. The summed E-state index contributed by atoms with van der Waals surface area (Å²) in [4.78, 5) is 0. The Hall–Kier alpha value is -0.870. The number of nitrogens with zero attached hydrogens (tertiary/aromatic N) is 2. The highest BCUT2D eigenvalue weighted by molar-refractivity contribution is 5.25. The molecule has 0 aromatic carbocycles. The van der Waals surface area contributed by atoms with Crippen LogP contribution in [0, 0.1) is 0 Å². The van der Waals surface area contributed by atoms with Crippen molar-refractivity contribution in [2.45, 2.75) is 76.7 Å². The van der Waals surface area contributed by atoms with E-state index < -0.39 is 0 Å². The van der Waals surface area contributed by atoms with E-state index >= 15 is 0 Å². The van der Waals surface area contributed by atoms with Crippen molar-refractivity contribution < 1.29 is 4.74 Å². The molecule has 2 aliphatic rings. The Morgan fingerprint density at radius 3 is 2.75 bits per heavy atom. The van der Waals surface area contributed by atoms with Gasteiger partial charge in [0.05, 0.1) is 17.4 Å². The highest BCUT2D eigenvalue weighted by Crippen LogP contribution is 2.39. The second-order valence-electron chi connectivity index (χ2n) is 7.50. The van der Waals surface area contributed by atoms with Gasteiger partial charge in [0, 0.05) is 30.4 Å². The number of aromatic nitrogens is 2. The predicted octanol–water partition coefficient (Wildman–Crippen LogP) is 2.73. The van der Waals surface area contributed by atoms with Crippen molar-refractivity contribution in [2.75, 3.05) is 0 Å². The van der Waals surface area contributed by atoms with Crippen molar-refractivity contribution in [2.24, 2.45) is 7.05 Å². The average Bonchev–Trinajstić information content (AvgIpc) is 2.78. The van der Waals surface area contributed by atoms with Gasteiger partial charge >= 0.3 is 0 Å². The van der Waals surface area contributed by atoms with E-state index in [1.807, 2.05) is 17.9 Å². The smallest absolute Gasteiger partial charge is 0.0787 e. The van der Waals surface area contributed by atoms with Crippen LogP contribution in [0.3, 0.4) is 0 Å². The fourth-order valence-corrected chi connectivity index (χ4v) is 3.94. The van der Waals surface area contributed by atoms with Gasteiger partial charge in [-0.2, -0.15) is 5.10 Å². The van der Waals surface area contributed by atoms with Gasteiger partial charge in [-0.05, 0) is 53.4 Å². The predicted molar refractivity (Wildman–Crippen MR) is 79.7 cm³/mol. The van der Waals surface area contributed by atoms with Gasteiger partial charge in [-0.1, -0.05) is 0 Å². The molecule has 2 atom stereocenters. The second-order valence-corrected chi connectivity index (χ2v) is 7.50. The highest BCUT2D eigenvalue weighted by Gasteiger charge is 2.46. The van der Waals surface area contributed by atoms with Crippen molar-refractivity contribution in [3.05, 3.63) is 17.5 Å². The molecule has 0 amide bonds. The minimum Gasteiger partial charge on any atom is -0.368 e. The zero-order valence-corrected chi connectivity index (χ0v) is 13.4. The second kappa shape index (κ2) is 4.57. The number of aryl methyl sites for hydroxylation is 1. The van der Waals surface area contributed by atoms with Crippen molar-refractivity contribution in [1.82, 2.24) is 15.1 Å². The highest BCUT2D eigenvalue weighted by atomic mass is 16.5. The lowest BCUT2D eigenvalue weighted by Crippen LogP contribution is -2.45. The number of rotatable bonds is 2. The van der Waals surface area contributed by atoms with Crippen LogP contribution in [0.15, 0.2) is 6.20 Å². The molecule has 2 heterocycles. The molecule has 3 rings (SSSR count). The lowest BCUT2D eigenvalue weighted by molar-refractivity contribution is -0.0706. The van der Waals surface area contributed by atoms with Crippen molar-refractivity contribution in [3.63, 3.8) is 0 Å². The van der Waals surface area contributed by atoms with Crippen molar-refractivity contribution >= 4 is 0 Å². The Bertz CT molecular complexity index is 504. The first-order valence-electron chi connectivity index (χ1n) is 7.75. The lowest BCUT2D eigenvalue weighted by atomic mass is 9.89. The maximum Gasteiger partial charge on any atom is 0.0787 e. The van der Waals surface area contributed by atoms with Crippen LogP contribution in [0.5, 0.6) is 0 Å². The van der Waals surface area contributed by atoms with Crippen molar-refractivity contribution in [3.8, 4) is 0 Å². The van der Waals surface area contributed by atoms with Crippen LogP contribution >= 0.6 is 0 Å². The van der Waals surface area contributed by atoms with E-state index in [-0.39, 0.29) is 11.2 Å². The molecule has 0 bridgehead atoms. The monoisotopic (exact) mass is 277 g/mol. The van der Waals surface area contributed by atoms with E-state index in [9.17, 15) is 0 Å². The van der Waals surface area contributed by atoms with Gasteiger partial charge in [0.25, 0.3) is 0 Å². The van der Waals surface area contributed by atoms with E-state index in [1.54, 1.807) is 0 Å². The van der Waals surface area contributed by atoms with Crippen molar-refractivity contribution in [1.29, 1.82) is 0 Å². The first-order valence-corrected chi connectivity index (χ1v) is 7.75. The molecule has 0 saturated carbocycles. The quantitative estimate of drug-likeness (QED) is 0.903. The van der Waals surface area contributed by atoms with Gasteiger partial charge in [0.1, 0.15) is 0 Å². The summed E-state index contributed by atoms with van der Waals surface area (Å²) in [7, 11) is 2.05. The van der Waals surface area contributed by atoms with Gasteiger partial charge in [0.2, 0.25) is 0 Å². The van der Waals surface area contributed by atoms with Crippen LogP contribution in [0.2, 0.25) is 0 Å². The number of hydrogen-bond acceptors (Lipinski definition) is 3. The first-order chi connectivity index (χ1) is 9.28. The fourth-order valence-electron chi connectivity index (χ4n) is 3.94. The standard InChI is InChI=1S/C16H27N3O/c1-15(2)9-14(16(3,4)20-15)18-12-7-6-8-13-11(12)10-17-19(13)5/h10,12,14,18H,6-9H2,1-5H3. The molecule has 4 heteroatoms. The fraction of sp³-hybridized carbons (Fsp3) is 0.812. The van der Waals surface area contributed by atoms with E-state index in [2.05, 4.69) is 38.1 Å². The summed E-state index contributed by atoms with van der Waals surface area (Å²) < 4.78 is 8.23. The van der Waals surface area contributed by atoms with Gasteiger partial charge in [0.15, 0.2) is 0 Å². The third kappa shape index (κ3) is 2.40. The summed E-state index contributed by atoms with van der Waals surface area (Å²) >= 11 is 0. The molecule has 1 aliphatic carbocycles. The Kier molecular flexibility index (Phi) is 3.22. The van der Waals surface area contributed by atoms with Gasteiger partial charge in [-0.15, -0.1) is 0 Å². The lowest BCUT2D eigenvalue weighted by Gasteiger charge is -2.33. The third-order valence-corrected chi connectivity index (χ3v) is 4.85. The summed E-state index contributed by atoms with van der Waals surface area (Å²) in [6, 6.07) is 0.822. The molecular weight excluding hydrogens is 250 g/mol. The Morgan fingerprint density at radius 1 is 1.35 bits per heavy atom. The normalized spacial score (nSPS) is 31.2. The molecule has 1 fully saturated rings. The molecule has 20 heavy (non-hydrogen) atoms. The molecule has 1 aromatic heterocycles. The minimum atomic E-state index is -0.108. The van der Waals surface area contributed by atoms with Gasteiger partial charge in [-0.3, -0.25) is 4.68 Å².